The van der Waals surface area contributed by atoms with Crippen molar-refractivity contribution in [3.05, 3.63) is 35.9 Å². The summed E-state index contributed by atoms with van der Waals surface area (Å²) in [6.45, 7) is -0.967. The maximum atomic E-state index is 11.7. The zero-order valence-corrected chi connectivity index (χ0v) is 13.0. The summed E-state index contributed by atoms with van der Waals surface area (Å²) < 4.78 is 4.75. The van der Waals surface area contributed by atoms with Crippen LogP contribution < -0.4 is 10.6 Å². The Morgan fingerprint density at radius 1 is 1.13 bits per heavy atom. The van der Waals surface area contributed by atoms with Gasteiger partial charge in [0.25, 0.3) is 11.8 Å². The fourth-order valence-electron chi connectivity index (χ4n) is 1.53. The molecule has 0 saturated heterocycles. The van der Waals surface area contributed by atoms with Crippen molar-refractivity contribution in [3.8, 4) is 0 Å². The smallest absolute Gasteiger partial charge is 0.325 e. The van der Waals surface area contributed by atoms with E-state index in [4.69, 9.17) is 4.74 Å². The van der Waals surface area contributed by atoms with E-state index in [1.807, 2.05) is 0 Å². The lowest BCUT2D eigenvalue weighted by Gasteiger charge is -2.15. The third-order valence-corrected chi connectivity index (χ3v) is 2.87. The van der Waals surface area contributed by atoms with Gasteiger partial charge in [0.2, 0.25) is 5.91 Å². The van der Waals surface area contributed by atoms with Gasteiger partial charge in [0, 0.05) is 19.7 Å². The average molecular weight is 321 g/mol. The molecule has 0 aliphatic heterocycles. The van der Waals surface area contributed by atoms with Gasteiger partial charge < -0.3 is 20.3 Å². The lowest BCUT2D eigenvalue weighted by molar-refractivity contribution is -0.151. The van der Waals surface area contributed by atoms with Gasteiger partial charge in [-0.25, -0.2) is 0 Å². The maximum Gasteiger partial charge on any atom is 0.325 e. The SMILES string of the molecule is CNC(=O)CN(C)C(=O)COC(=O)CNC(=O)c1ccccc1. The number of carbonyl (C=O) groups excluding carboxylic acids is 4. The summed E-state index contributed by atoms with van der Waals surface area (Å²) in [4.78, 5) is 47.1. The third kappa shape index (κ3) is 6.60. The Bertz CT molecular complexity index is 574. The number of ether oxygens (including phenoxy) is 1. The molecule has 0 aliphatic rings. The number of rotatable bonds is 7. The van der Waals surface area contributed by atoms with Crippen LogP contribution in [0.1, 0.15) is 10.4 Å². The first-order valence-corrected chi connectivity index (χ1v) is 6.87. The highest BCUT2D eigenvalue weighted by molar-refractivity contribution is 5.96. The number of hydrogen-bond acceptors (Lipinski definition) is 5. The first kappa shape index (κ1) is 18.1. The van der Waals surface area contributed by atoms with E-state index in [9.17, 15) is 19.2 Å². The second-order valence-electron chi connectivity index (χ2n) is 4.63. The predicted molar refractivity (Wildman–Crippen MR) is 81.4 cm³/mol. The van der Waals surface area contributed by atoms with Gasteiger partial charge in [-0.15, -0.1) is 0 Å². The lowest BCUT2D eigenvalue weighted by Crippen LogP contribution is -2.39. The van der Waals surface area contributed by atoms with E-state index in [0.717, 1.165) is 4.90 Å². The van der Waals surface area contributed by atoms with E-state index >= 15 is 0 Å². The lowest BCUT2D eigenvalue weighted by atomic mass is 10.2. The molecule has 0 radical (unpaired) electrons. The minimum Gasteiger partial charge on any atom is -0.454 e. The van der Waals surface area contributed by atoms with Gasteiger partial charge in [-0.3, -0.25) is 19.2 Å². The molecule has 23 heavy (non-hydrogen) atoms. The van der Waals surface area contributed by atoms with Crippen LogP contribution in [-0.4, -0.2) is 62.4 Å². The van der Waals surface area contributed by atoms with E-state index < -0.39 is 24.4 Å². The number of benzene rings is 1. The largest absolute Gasteiger partial charge is 0.454 e. The van der Waals surface area contributed by atoms with Crippen molar-refractivity contribution in [2.45, 2.75) is 0 Å². The molecule has 0 aliphatic carbocycles. The number of amides is 3. The fourth-order valence-corrected chi connectivity index (χ4v) is 1.53. The molecular weight excluding hydrogens is 302 g/mol. The molecule has 0 atom stereocenters. The molecule has 1 rings (SSSR count). The highest BCUT2D eigenvalue weighted by Crippen LogP contribution is 1.97. The maximum absolute atomic E-state index is 11.7. The Hall–Kier alpha value is -2.90. The third-order valence-electron chi connectivity index (χ3n) is 2.87. The normalized spacial score (nSPS) is 9.65. The van der Waals surface area contributed by atoms with Crippen LogP contribution in [0.15, 0.2) is 30.3 Å². The monoisotopic (exact) mass is 321 g/mol. The van der Waals surface area contributed by atoms with Crippen molar-refractivity contribution in [3.63, 3.8) is 0 Å². The summed E-state index contributed by atoms with van der Waals surface area (Å²) in [6.07, 6.45) is 0. The summed E-state index contributed by atoms with van der Waals surface area (Å²) in [5, 5.41) is 4.77. The topological polar surface area (TPSA) is 105 Å². The van der Waals surface area contributed by atoms with Gasteiger partial charge in [-0.05, 0) is 12.1 Å². The minimum absolute atomic E-state index is 0.127. The minimum atomic E-state index is -0.740. The van der Waals surface area contributed by atoms with E-state index in [2.05, 4.69) is 10.6 Å². The second-order valence-corrected chi connectivity index (χ2v) is 4.63. The van der Waals surface area contributed by atoms with Gasteiger partial charge in [-0.1, -0.05) is 18.2 Å². The Labute approximate surface area is 133 Å². The number of carbonyl (C=O) groups is 4. The number of likely N-dealkylation sites (N-methyl/N-ethyl adjacent to an activating group) is 2. The molecule has 0 fully saturated rings. The number of esters is 1. The second kappa shape index (κ2) is 9.19. The first-order chi connectivity index (χ1) is 10.9. The molecule has 0 unspecified atom stereocenters. The summed E-state index contributed by atoms with van der Waals surface area (Å²) in [7, 11) is 2.87. The van der Waals surface area contributed by atoms with E-state index in [1.165, 1.54) is 14.1 Å². The van der Waals surface area contributed by atoms with Crippen molar-refractivity contribution < 1.29 is 23.9 Å². The Morgan fingerprint density at radius 3 is 2.39 bits per heavy atom. The van der Waals surface area contributed by atoms with Crippen LogP contribution >= 0.6 is 0 Å². The van der Waals surface area contributed by atoms with Gasteiger partial charge in [-0.2, -0.15) is 0 Å². The first-order valence-electron chi connectivity index (χ1n) is 6.87. The van der Waals surface area contributed by atoms with Crippen molar-refractivity contribution in [1.29, 1.82) is 0 Å². The van der Waals surface area contributed by atoms with E-state index in [0.29, 0.717) is 5.56 Å². The molecule has 8 nitrogen and oxygen atoms in total. The molecule has 0 heterocycles. The summed E-state index contributed by atoms with van der Waals surface area (Å²) in [6, 6.07) is 8.39. The molecule has 0 aromatic heterocycles. The zero-order valence-electron chi connectivity index (χ0n) is 13.0. The van der Waals surface area contributed by atoms with Crippen LogP contribution in [-0.2, 0) is 19.1 Å². The Morgan fingerprint density at radius 2 is 1.78 bits per heavy atom. The van der Waals surface area contributed by atoms with Crippen LogP contribution in [0.5, 0.6) is 0 Å². The van der Waals surface area contributed by atoms with Crippen molar-refractivity contribution >= 4 is 23.7 Å². The highest BCUT2D eigenvalue weighted by atomic mass is 16.5. The molecular formula is C15H19N3O5. The standard InChI is InChI=1S/C15H19N3O5/c1-16-12(19)9-18(2)13(20)10-23-14(21)8-17-15(22)11-6-4-3-5-7-11/h3-7H,8-10H2,1-2H3,(H,16,19)(H,17,22). The van der Waals surface area contributed by atoms with E-state index in [-0.39, 0.29) is 19.0 Å². The molecule has 0 saturated carbocycles. The highest BCUT2D eigenvalue weighted by Gasteiger charge is 2.15. The Kier molecular flexibility index (Phi) is 7.25. The van der Waals surface area contributed by atoms with Crippen molar-refractivity contribution in [2.75, 3.05) is 33.8 Å². The molecule has 124 valence electrons. The molecule has 2 N–H and O–H groups in total. The van der Waals surface area contributed by atoms with E-state index in [1.54, 1.807) is 30.3 Å². The molecule has 1 aromatic carbocycles. The molecule has 1 aromatic rings. The van der Waals surface area contributed by atoms with Crippen molar-refractivity contribution in [2.24, 2.45) is 0 Å². The zero-order chi connectivity index (χ0) is 17.2. The van der Waals surface area contributed by atoms with Gasteiger partial charge >= 0.3 is 5.97 Å². The van der Waals surface area contributed by atoms with Crippen LogP contribution in [0.4, 0.5) is 0 Å². The molecule has 0 bridgehead atoms. The number of nitrogens with one attached hydrogen (secondary N) is 2. The average Bonchev–Trinajstić information content (AvgIpc) is 2.57. The van der Waals surface area contributed by atoms with Crippen LogP contribution in [0.2, 0.25) is 0 Å². The predicted octanol–water partition coefficient (Wildman–Crippen LogP) is -0.836. The molecule has 3 amide bonds. The summed E-state index contributed by atoms with van der Waals surface area (Å²) in [5.74, 6) is -2.00. The molecule has 0 spiro atoms. The summed E-state index contributed by atoms with van der Waals surface area (Å²) in [5.41, 5.74) is 0.418. The molecule has 8 heteroatoms. The van der Waals surface area contributed by atoms with Crippen LogP contribution in [0.3, 0.4) is 0 Å². The van der Waals surface area contributed by atoms with Gasteiger partial charge in [0.1, 0.15) is 6.54 Å². The van der Waals surface area contributed by atoms with Crippen LogP contribution in [0, 0.1) is 0 Å². The summed E-state index contributed by atoms with van der Waals surface area (Å²) >= 11 is 0. The van der Waals surface area contributed by atoms with Gasteiger partial charge in [0.05, 0.1) is 6.54 Å². The van der Waals surface area contributed by atoms with Crippen LogP contribution in [0.25, 0.3) is 0 Å². The quantitative estimate of drug-likeness (QED) is 0.638. The van der Waals surface area contributed by atoms with Crippen molar-refractivity contribution in [1.82, 2.24) is 15.5 Å². The Balaban J connectivity index is 2.30. The number of hydrogen-bond donors (Lipinski definition) is 2. The number of nitrogens with zero attached hydrogens (tertiary/aromatic N) is 1. The van der Waals surface area contributed by atoms with Gasteiger partial charge in [0.15, 0.2) is 6.61 Å². The fraction of sp³-hybridized carbons (Fsp3) is 0.333.